The van der Waals surface area contributed by atoms with Crippen LogP contribution < -0.4 is 9.47 Å². The van der Waals surface area contributed by atoms with Crippen molar-refractivity contribution in [3.8, 4) is 17.2 Å². The molecule has 0 spiro atoms. The number of ether oxygens (including phenoxy) is 3. The molecule has 0 amide bonds. The van der Waals surface area contributed by atoms with Crippen molar-refractivity contribution in [2.24, 2.45) is 0 Å². The van der Waals surface area contributed by atoms with Crippen LogP contribution in [0.3, 0.4) is 0 Å². The Bertz CT molecular complexity index is 2070. The molecule has 270 valence electrons. The molecule has 1 fully saturated rings. The van der Waals surface area contributed by atoms with Crippen LogP contribution in [0.2, 0.25) is 0 Å². The van der Waals surface area contributed by atoms with Crippen LogP contribution in [-0.4, -0.2) is 85.5 Å². The number of benzene rings is 4. The van der Waals surface area contributed by atoms with Gasteiger partial charge < -0.3 is 44.8 Å². The van der Waals surface area contributed by atoms with Crippen molar-refractivity contribution < 1.29 is 59.2 Å². The molecule has 0 radical (unpaired) electrons. The van der Waals surface area contributed by atoms with E-state index in [-0.39, 0.29) is 64.5 Å². The Morgan fingerprint density at radius 2 is 1.52 bits per heavy atom. The quantitative estimate of drug-likeness (QED) is 0.0704. The fourth-order valence-electron chi connectivity index (χ4n) is 6.52. The highest BCUT2D eigenvalue weighted by Crippen LogP contribution is 2.44. The number of aliphatic hydroxyl groups excluding tert-OH is 5. The summed E-state index contributed by atoms with van der Waals surface area (Å²) >= 11 is 0. The zero-order chi connectivity index (χ0) is 37.3. The molecule has 1 aliphatic heterocycles. The Kier molecular flexibility index (Phi) is 10.7. The number of phenols is 1. The number of carbonyl (C=O) groups is 3. The summed E-state index contributed by atoms with van der Waals surface area (Å²) in [6.07, 6.45) is -3.70. The molecule has 52 heavy (non-hydrogen) atoms. The molecule has 6 rings (SSSR count). The maximum absolute atomic E-state index is 14.5. The predicted molar refractivity (Wildman–Crippen MR) is 187 cm³/mol. The van der Waals surface area contributed by atoms with E-state index >= 15 is 0 Å². The molecule has 4 aromatic carbocycles. The first-order chi connectivity index (χ1) is 24.9. The van der Waals surface area contributed by atoms with E-state index in [1.165, 1.54) is 32.0 Å². The number of rotatable bonds is 10. The first kappa shape index (κ1) is 36.6. The molecular formula is C40H38O12. The van der Waals surface area contributed by atoms with E-state index in [1.807, 2.05) is 12.1 Å². The number of fused-ring (bicyclic) bond motifs is 2. The van der Waals surface area contributed by atoms with Crippen molar-refractivity contribution in [3.05, 3.63) is 122 Å². The lowest BCUT2D eigenvalue weighted by atomic mass is 9.79. The van der Waals surface area contributed by atoms with E-state index in [0.717, 1.165) is 5.56 Å². The van der Waals surface area contributed by atoms with Gasteiger partial charge in [0.2, 0.25) is 6.29 Å². The second kappa shape index (κ2) is 15.2. The third kappa shape index (κ3) is 7.13. The molecule has 12 heteroatoms. The van der Waals surface area contributed by atoms with Gasteiger partial charge in [0, 0.05) is 47.8 Å². The summed E-state index contributed by atoms with van der Waals surface area (Å²) < 4.78 is 17.2. The highest BCUT2D eigenvalue weighted by molar-refractivity contribution is 6.31. The Balaban J connectivity index is 1.50. The molecule has 2 aliphatic rings. The van der Waals surface area contributed by atoms with E-state index in [2.05, 4.69) is 0 Å². The summed E-state index contributed by atoms with van der Waals surface area (Å²) in [7, 11) is 0. The highest BCUT2D eigenvalue weighted by atomic mass is 16.7. The van der Waals surface area contributed by atoms with E-state index in [0.29, 0.717) is 23.1 Å². The normalized spacial score (nSPS) is 21.2. The lowest BCUT2D eigenvalue weighted by Crippen LogP contribution is -2.58. The third-order valence-corrected chi connectivity index (χ3v) is 9.17. The number of phenolic OH excluding ortho intramolecular Hbond substituents is 1. The van der Waals surface area contributed by atoms with Gasteiger partial charge in [-0.3, -0.25) is 14.4 Å². The second-order valence-electron chi connectivity index (χ2n) is 12.8. The largest absolute Gasteiger partial charge is 0.507 e. The van der Waals surface area contributed by atoms with E-state index in [9.17, 15) is 45.0 Å². The molecule has 6 N–H and O–H groups in total. The van der Waals surface area contributed by atoms with Gasteiger partial charge in [0.25, 0.3) is 0 Å². The van der Waals surface area contributed by atoms with Crippen LogP contribution >= 0.6 is 0 Å². The first-order valence-electron chi connectivity index (χ1n) is 16.7. The Labute approximate surface area is 298 Å². The Morgan fingerprint density at radius 3 is 2.25 bits per heavy atom. The average molecular weight is 711 g/mol. The molecule has 1 aliphatic carbocycles. The van der Waals surface area contributed by atoms with Gasteiger partial charge in [0.05, 0.1) is 18.3 Å². The fourth-order valence-corrected chi connectivity index (χ4v) is 6.52. The lowest BCUT2D eigenvalue weighted by molar-refractivity contribution is -0.268. The molecular weight excluding hydrogens is 672 g/mol. The summed E-state index contributed by atoms with van der Waals surface area (Å²) in [6, 6.07) is 18.1. The van der Waals surface area contributed by atoms with Gasteiger partial charge in [-0.05, 0) is 59.9 Å². The molecule has 1 heterocycles. The minimum atomic E-state index is -1.73. The standard InChI is InChI=1S/C40H38O12/c1-20-34(44)38(48)39(49)40(50-20)52-31-18-29-33(36(46)28(31)17-24-7-4-8-25(16-24)19-42)35(45)27-11-12-30(51-21(2)43)26(32(27)37(29)47)10-9-22-5-3-6-23(15-22)13-14-41/h3-12,15-16,18,20,34,38-42,44,46,48-49H,13-14,17,19H2,1-2H3/t20-,34-,38-,39-,40-/m1/s1. The Hall–Kier alpha value is -5.21. The molecule has 0 aromatic heterocycles. The van der Waals surface area contributed by atoms with Crippen molar-refractivity contribution in [1.29, 1.82) is 0 Å². The summed E-state index contributed by atoms with van der Waals surface area (Å²) in [4.78, 5) is 40.9. The topological polar surface area (TPSA) is 200 Å². The fraction of sp³-hybridized carbons (Fsp3) is 0.275. The van der Waals surface area contributed by atoms with Gasteiger partial charge in [-0.25, -0.2) is 0 Å². The number of hydrogen-bond donors (Lipinski definition) is 6. The van der Waals surface area contributed by atoms with Crippen molar-refractivity contribution in [3.63, 3.8) is 0 Å². The zero-order valence-electron chi connectivity index (χ0n) is 28.4. The minimum absolute atomic E-state index is 0.0138. The van der Waals surface area contributed by atoms with E-state index in [1.54, 1.807) is 48.6 Å². The molecule has 0 saturated carbocycles. The summed E-state index contributed by atoms with van der Waals surface area (Å²) in [5.41, 5.74) is 2.29. The number of ketones is 2. The SMILES string of the molecule is CC(=O)Oc1ccc2c(c1C=Cc1cccc(CCO)c1)C(=O)c1cc(O[C@H]3O[C@H](C)[C@@H](O)[C@@H](O)[C@H]3O)c(Cc3cccc(CO)c3)c(O)c1C2=O. The first-order valence-corrected chi connectivity index (χ1v) is 16.7. The number of aromatic hydroxyl groups is 1. The van der Waals surface area contributed by atoms with Crippen LogP contribution in [0.25, 0.3) is 12.2 Å². The van der Waals surface area contributed by atoms with Gasteiger partial charge in [0.1, 0.15) is 35.6 Å². The average Bonchev–Trinajstić information content (AvgIpc) is 3.12. The number of esters is 1. The highest BCUT2D eigenvalue weighted by Gasteiger charge is 2.44. The summed E-state index contributed by atoms with van der Waals surface area (Å²) in [5.74, 6) is -2.75. The van der Waals surface area contributed by atoms with Crippen LogP contribution in [0.5, 0.6) is 17.2 Å². The van der Waals surface area contributed by atoms with Gasteiger partial charge in [0.15, 0.2) is 11.6 Å². The van der Waals surface area contributed by atoms with Crippen molar-refractivity contribution in [2.75, 3.05) is 6.61 Å². The smallest absolute Gasteiger partial charge is 0.308 e. The Morgan fingerprint density at radius 1 is 0.808 bits per heavy atom. The maximum atomic E-state index is 14.5. The van der Waals surface area contributed by atoms with E-state index in [4.69, 9.17) is 14.2 Å². The van der Waals surface area contributed by atoms with Gasteiger partial charge in [-0.1, -0.05) is 54.6 Å². The monoisotopic (exact) mass is 710 g/mol. The number of hydrogen-bond acceptors (Lipinski definition) is 12. The van der Waals surface area contributed by atoms with Crippen molar-refractivity contribution in [1.82, 2.24) is 0 Å². The van der Waals surface area contributed by atoms with Crippen LogP contribution in [0.1, 0.15) is 79.1 Å². The lowest BCUT2D eigenvalue weighted by Gasteiger charge is -2.39. The van der Waals surface area contributed by atoms with Crippen LogP contribution in [0, 0.1) is 0 Å². The third-order valence-electron chi connectivity index (χ3n) is 9.17. The summed E-state index contributed by atoms with van der Waals surface area (Å²) in [5, 5.41) is 62.4. The molecule has 1 saturated heterocycles. The molecule has 0 bridgehead atoms. The predicted octanol–water partition coefficient (Wildman–Crippen LogP) is 3.09. The number of aliphatic hydroxyl groups is 5. The number of carbonyl (C=O) groups excluding carboxylic acids is 3. The van der Waals surface area contributed by atoms with Crippen molar-refractivity contribution >= 4 is 29.7 Å². The van der Waals surface area contributed by atoms with Gasteiger partial charge in [-0.2, -0.15) is 0 Å². The van der Waals surface area contributed by atoms with Gasteiger partial charge in [-0.15, -0.1) is 0 Å². The zero-order valence-corrected chi connectivity index (χ0v) is 28.4. The molecule has 4 aromatic rings. The molecule has 0 unspecified atom stereocenters. The maximum Gasteiger partial charge on any atom is 0.308 e. The van der Waals surface area contributed by atoms with Crippen LogP contribution in [0.15, 0.2) is 66.7 Å². The van der Waals surface area contributed by atoms with Crippen LogP contribution in [0.4, 0.5) is 0 Å². The van der Waals surface area contributed by atoms with Gasteiger partial charge >= 0.3 is 5.97 Å². The van der Waals surface area contributed by atoms with Crippen LogP contribution in [-0.2, 0) is 29.0 Å². The summed E-state index contributed by atoms with van der Waals surface area (Å²) in [6.45, 7) is 2.37. The minimum Gasteiger partial charge on any atom is -0.507 e. The second-order valence-corrected chi connectivity index (χ2v) is 12.8. The van der Waals surface area contributed by atoms with E-state index < -0.39 is 54.0 Å². The molecule has 12 nitrogen and oxygen atoms in total. The molecule has 5 atom stereocenters. The van der Waals surface area contributed by atoms with Crippen molar-refractivity contribution in [2.45, 2.75) is 64.0 Å².